The van der Waals surface area contributed by atoms with Crippen LogP contribution in [0.3, 0.4) is 0 Å². The maximum Gasteiger partial charge on any atom is 0.329 e. The molecule has 0 fully saturated rings. The molecule has 0 aliphatic heterocycles. The van der Waals surface area contributed by atoms with E-state index in [4.69, 9.17) is 0 Å². The molecule has 8 heteroatoms. The molecule has 1 aromatic carbocycles. The number of aliphatic carboxylic acids is 1. The van der Waals surface area contributed by atoms with Crippen molar-refractivity contribution in [3.05, 3.63) is 47.3 Å². The first-order chi connectivity index (χ1) is 11.2. The highest BCUT2D eigenvalue weighted by atomic mass is 32.2. The van der Waals surface area contributed by atoms with Crippen LogP contribution in [0.2, 0.25) is 0 Å². The first kappa shape index (κ1) is 18.2. The average molecular weight is 367 g/mol. The Morgan fingerprint density at radius 2 is 1.79 bits per heavy atom. The van der Waals surface area contributed by atoms with Crippen molar-refractivity contribution in [3.63, 3.8) is 0 Å². The summed E-state index contributed by atoms with van der Waals surface area (Å²) in [5.41, 5.74) is -1.40. The van der Waals surface area contributed by atoms with Gasteiger partial charge in [-0.3, -0.25) is 4.79 Å². The van der Waals surface area contributed by atoms with Gasteiger partial charge in [0, 0.05) is 0 Å². The third-order valence-electron chi connectivity index (χ3n) is 3.69. The fourth-order valence-electron chi connectivity index (χ4n) is 1.91. The van der Waals surface area contributed by atoms with Crippen LogP contribution in [0.1, 0.15) is 29.9 Å². The number of nitrogens with one attached hydrogen (secondary N) is 1. The first-order valence-electron chi connectivity index (χ1n) is 7.16. The lowest BCUT2D eigenvalue weighted by atomic mass is 9.99. The number of hydrogen-bond acceptors (Lipinski definition) is 5. The summed E-state index contributed by atoms with van der Waals surface area (Å²) in [5, 5.41) is 11.6. The quantitative estimate of drug-likeness (QED) is 0.817. The van der Waals surface area contributed by atoms with Gasteiger partial charge in [0.25, 0.3) is 5.91 Å². The first-order valence-corrected chi connectivity index (χ1v) is 9.46. The Morgan fingerprint density at radius 3 is 2.33 bits per heavy atom. The van der Waals surface area contributed by atoms with Gasteiger partial charge in [-0.05, 0) is 37.6 Å². The number of amides is 1. The van der Waals surface area contributed by atoms with Gasteiger partial charge < -0.3 is 10.4 Å². The molecule has 1 amide bonds. The Morgan fingerprint density at radius 1 is 1.17 bits per heavy atom. The van der Waals surface area contributed by atoms with Crippen LogP contribution in [-0.4, -0.2) is 30.9 Å². The fourth-order valence-corrected chi connectivity index (χ4v) is 4.53. The predicted octanol–water partition coefficient (Wildman–Crippen LogP) is 2.56. The molecule has 2 N–H and O–H groups in total. The van der Waals surface area contributed by atoms with E-state index >= 15 is 0 Å². The molecule has 24 heavy (non-hydrogen) atoms. The second kappa shape index (κ2) is 6.74. The summed E-state index contributed by atoms with van der Waals surface area (Å²) in [6, 6.07) is 10.6. The Labute approximate surface area is 144 Å². The van der Waals surface area contributed by atoms with Crippen molar-refractivity contribution in [2.45, 2.75) is 34.9 Å². The van der Waals surface area contributed by atoms with Crippen LogP contribution in [0.15, 0.2) is 51.6 Å². The molecule has 2 rings (SSSR count). The molecule has 128 valence electrons. The van der Waals surface area contributed by atoms with E-state index in [1.54, 1.807) is 25.1 Å². The van der Waals surface area contributed by atoms with Crippen molar-refractivity contribution in [2.75, 3.05) is 0 Å². The van der Waals surface area contributed by atoms with Crippen LogP contribution in [0.5, 0.6) is 0 Å². The molecule has 0 bridgehead atoms. The fraction of sp³-hybridized carbons (Fsp3) is 0.250. The number of carbonyl (C=O) groups is 2. The topological polar surface area (TPSA) is 101 Å². The lowest BCUT2D eigenvalue weighted by molar-refractivity contribution is -0.143. The smallest absolute Gasteiger partial charge is 0.329 e. The van der Waals surface area contributed by atoms with Gasteiger partial charge in [0.1, 0.15) is 9.75 Å². The van der Waals surface area contributed by atoms with E-state index in [1.165, 1.54) is 31.2 Å². The number of hydrogen-bond donors (Lipinski definition) is 2. The van der Waals surface area contributed by atoms with Gasteiger partial charge in [-0.25, -0.2) is 13.2 Å². The van der Waals surface area contributed by atoms with Crippen molar-refractivity contribution in [1.29, 1.82) is 0 Å². The third-order valence-corrected chi connectivity index (χ3v) is 7.04. The van der Waals surface area contributed by atoms with Crippen LogP contribution in [0, 0.1) is 0 Å². The largest absolute Gasteiger partial charge is 0.480 e. The average Bonchev–Trinajstić information content (AvgIpc) is 3.06. The van der Waals surface area contributed by atoms with Gasteiger partial charge in [-0.1, -0.05) is 25.1 Å². The van der Waals surface area contributed by atoms with Gasteiger partial charge in [0.15, 0.2) is 0 Å². The van der Waals surface area contributed by atoms with Crippen LogP contribution >= 0.6 is 11.3 Å². The molecule has 0 spiro atoms. The second-order valence-corrected chi connectivity index (χ2v) is 8.64. The maximum absolute atomic E-state index is 12.5. The van der Waals surface area contributed by atoms with Crippen molar-refractivity contribution in [2.24, 2.45) is 0 Å². The summed E-state index contributed by atoms with van der Waals surface area (Å²) in [6.07, 6.45) is 0.203. The minimum Gasteiger partial charge on any atom is -0.480 e. The summed E-state index contributed by atoms with van der Waals surface area (Å²) in [6.45, 7) is 3.05. The highest BCUT2D eigenvalue weighted by Crippen LogP contribution is 2.28. The molecule has 0 saturated heterocycles. The van der Waals surface area contributed by atoms with Gasteiger partial charge in [-0.15, -0.1) is 11.3 Å². The van der Waals surface area contributed by atoms with Gasteiger partial charge >= 0.3 is 5.97 Å². The molecule has 0 aliphatic carbocycles. The highest BCUT2D eigenvalue weighted by molar-refractivity contribution is 7.93. The number of carboxylic acid groups (broad SMARTS) is 1. The SMILES string of the molecule is CCC(C)(NC(=O)c1ccc(S(=O)(=O)c2ccccc2)s1)C(=O)O. The lowest BCUT2D eigenvalue weighted by Crippen LogP contribution is -2.51. The molecule has 2 aromatic rings. The number of rotatable bonds is 6. The lowest BCUT2D eigenvalue weighted by Gasteiger charge is -2.24. The molecule has 0 aliphatic rings. The van der Waals surface area contributed by atoms with Crippen molar-refractivity contribution in [1.82, 2.24) is 5.32 Å². The maximum atomic E-state index is 12.5. The molecule has 1 unspecified atom stereocenters. The van der Waals surface area contributed by atoms with E-state index in [0.717, 1.165) is 11.3 Å². The third kappa shape index (κ3) is 3.49. The molecule has 1 heterocycles. The van der Waals surface area contributed by atoms with Crippen molar-refractivity contribution in [3.8, 4) is 0 Å². The minimum absolute atomic E-state index is 0.0346. The number of carbonyl (C=O) groups excluding carboxylic acids is 1. The number of sulfone groups is 1. The van der Waals surface area contributed by atoms with Crippen molar-refractivity contribution >= 4 is 33.1 Å². The standard InChI is InChI=1S/C16H17NO5S2/c1-3-16(2,15(19)20)17-14(18)12-9-10-13(23-12)24(21,22)11-7-5-4-6-8-11/h4-10H,3H2,1-2H3,(H,17,18)(H,19,20). The Kier molecular flexibility index (Phi) is 5.10. The van der Waals surface area contributed by atoms with E-state index in [9.17, 15) is 23.1 Å². The molecular weight excluding hydrogens is 350 g/mol. The van der Waals surface area contributed by atoms with Gasteiger partial charge in [0.05, 0.1) is 9.77 Å². The van der Waals surface area contributed by atoms with E-state index in [0.29, 0.717) is 0 Å². The van der Waals surface area contributed by atoms with E-state index in [1.807, 2.05) is 0 Å². The van der Waals surface area contributed by atoms with Gasteiger partial charge in [0.2, 0.25) is 9.84 Å². The van der Waals surface area contributed by atoms with Gasteiger partial charge in [-0.2, -0.15) is 0 Å². The Hall–Kier alpha value is -2.19. The second-order valence-electron chi connectivity index (χ2n) is 5.38. The Bertz CT molecular complexity index is 858. The van der Waals surface area contributed by atoms with Crippen LogP contribution in [-0.2, 0) is 14.6 Å². The summed E-state index contributed by atoms with van der Waals surface area (Å²) in [7, 11) is -3.70. The summed E-state index contributed by atoms with van der Waals surface area (Å²) < 4.78 is 25.0. The molecule has 1 atom stereocenters. The number of thiophene rings is 1. The zero-order valence-corrected chi connectivity index (χ0v) is 14.8. The zero-order valence-electron chi connectivity index (χ0n) is 13.1. The Balaban J connectivity index is 2.28. The zero-order chi connectivity index (χ0) is 18.0. The molecule has 1 aromatic heterocycles. The van der Waals surface area contributed by atoms with Crippen LogP contribution in [0.4, 0.5) is 0 Å². The highest BCUT2D eigenvalue weighted by Gasteiger charge is 2.33. The number of benzene rings is 1. The number of carboxylic acids is 1. The summed E-state index contributed by atoms with van der Waals surface area (Å²) >= 11 is 0.813. The summed E-state index contributed by atoms with van der Waals surface area (Å²) in [5.74, 6) is -1.76. The minimum atomic E-state index is -3.70. The predicted molar refractivity (Wildman–Crippen MR) is 90.0 cm³/mol. The molecular formula is C16H17NO5S2. The summed E-state index contributed by atoms with van der Waals surface area (Å²) in [4.78, 5) is 23.8. The van der Waals surface area contributed by atoms with Crippen molar-refractivity contribution < 1.29 is 23.1 Å². The van der Waals surface area contributed by atoms with E-state index in [-0.39, 0.29) is 20.4 Å². The molecule has 6 nitrogen and oxygen atoms in total. The van der Waals surface area contributed by atoms with Crippen LogP contribution in [0.25, 0.3) is 0 Å². The van der Waals surface area contributed by atoms with Crippen LogP contribution < -0.4 is 5.32 Å². The molecule has 0 radical (unpaired) electrons. The molecule has 0 saturated carbocycles. The van der Waals surface area contributed by atoms with E-state index < -0.39 is 27.3 Å². The monoisotopic (exact) mass is 367 g/mol. The van der Waals surface area contributed by atoms with E-state index in [2.05, 4.69) is 5.32 Å². The normalized spacial score (nSPS) is 13.9.